The highest BCUT2D eigenvalue weighted by molar-refractivity contribution is 6.05. The summed E-state index contributed by atoms with van der Waals surface area (Å²) in [6.45, 7) is 0. The molecule has 0 aliphatic heterocycles. The summed E-state index contributed by atoms with van der Waals surface area (Å²) in [5.41, 5.74) is -0.288. The van der Waals surface area contributed by atoms with E-state index in [9.17, 15) is 18.0 Å². The molecule has 0 saturated heterocycles. The van der Waals surface area contributed by atoms with Crippen LogP contribution in [0.15, 0.2) is 61.2 Å². The summed E-state index contributed by atoms with van der Waals surface area (Å²) in [6, 6.07) is 9.62. The van der Waals surface area contributed by atoms with Gasteiger partial charge < -0.3 is 5.32 Å². The molecule has 0 spiro atoms. The predicted octanol–water partition coefficient (Wildman–Crippen LogP) is 3.97. The molecule has 11 heteroatoms. The van der Waals surface area contributed by atoms with Crippen molar-refractivity contribution >= 4 is 33.5 Å². The first kappa shape index (κ1) is 19.7. The molecule has 1 N–H and O–H groups in total. The molecular formula is C21H14F3N7O. The topological polar surface area (TPSA) is 90.5 Å². The second kappa shape index (κ2) is 7.15. The fraction of sp³-hybridized carbons (Fsp3) is 0.0952. The summed E-state index contributed by atoms with van der Waals surface area (Å²) >= 11 is 0. The standard InChI is InChI=1S/C21H14F3N7O/c1-30-19-12(9-27-30)8-13(10-26-19)29-20(32)15-11-28-31(18(15)21(22,23)24)17-6-2-5-16-14(17)4-3-7-25-16/h2-11H,1H3,(H,29,32). The van der Waals surface area contributed by atoms with Crippen molar-refractivity contribution < 1.29 is 18.0 Å². The van der Waals surface area contributed by atoms with E-state index in [0.717, 1.165) is 10.9 Å². The highest BCUT2D eigenvalue weighted by Crippen LogP contribution is 2.35. The summed E-state index contributed by atoms with van der Waals surface area (Å²) in [5.74, 6) is -0.952. The lowest BCUT2D eigenvalue weighted by atomic mass is 10.1. The lowest BCUT2D eigenvalue weighted by Crippen LogP contribution is -2.21. The molecule has 8 nitrogen and oxygen atoms in total. The minimum Gasteiger partial charge on any atom is -0.320 e. The van der Waals surface area contributed by atoms with Gasteiger partial charge >= 0.3 is 6.18 Å². The summed E-state index contributed by atoms with van der Waals surface area (Å²) in [5, 5.41) is 11.5. The van der Waals surface area contributed by atoms with Gasteiger partial charge in [0.05, 0.1) is 41.0 Å². The highest BCUT2D eigenvalue weighted by Gasteiger charge is 2.41. The zero-order valence-corrected chi connectivity index (χ0v) is 16.5. The molecule has 0 radical (unpaired) electrons. The Hall–Kier alpha value is -4.28. The van der Waals surface area contributed by atoms with Crippen LogP contribution in [0.4, 0.5) is 18.9 Å². The van der Waals surface area contributed by atoms with Gasteiger partial charge in [0.25, 0.3) is 5.91 Å². The van der Waals surface area contributed by atoms with Crippen molar-refractivity contribution in [3.63, 3.8) is 0 Å². The van der Waals surface area contributed by atoms with Crippen LogP contribution in [-0.4, -0.2) is 35.4 Å². The number of hydrogen-bond acceptors (Lipinski definition) is 5. The number of aromatic nitrogens is 6. The third kappa shape index (κ3) is 3.23. The van der Waals surface area contributed by atoms with Gasteiger partial charge in [-0.25, -0.2) is 9.67 Å². The Morgan fingerprint density at radius 2 is 1.88 bits per heavy atom. The van der Waals surface area contributed by atoms with Crippen LogP contribution in [0.1, 0.15) is 16.1 Å². The predicted molar refractivity (Wildman–Crippen MR) is 110 cm³/mol. The van der Waals surface area contributed by atoms with Crippen molar-refractivity contribution in [1.29, 1.82) is 0 Å². The Bertz CT molecular complexity index is 1480. The highest BCUT2D eigenvalue weighted by atomic mass is 19.4. The maximum atomic E-state index is 14.1. The van der Waals surface area contributed by atoms with Crippen LogP contribution in [0, 0.1) is 0 Å². The number of hydrogen-bond donors (Lipinski definition) is 1. The molecule has 5 aromatic rings. The van der Waals surface area contributed by atoms with Crippen molar-refractivity contribution in [3.05, 3.63) is 72.4 Å². The minimum atomic E-state index is -4.83. The Morgan fingerprint density at radius 1 is 1.03 bits per heavy atom. The smallest absolute Gasteiger partial charge is 0.320 e. The number of halogens is 3. The molecule has 1 aromatic carbocycles. The number of anilines is 1. The zero-order chi connectivity index (χ0) is 22.5. The SMILES string of the molecule is Cn1ncc2cc(NC(=O)c3cnn(-c4cccc5ncccc45)c3C(F)(F)F)cnc21. The zero-order valence-electron chi connectivity index (χ0n) is 16.5. The van der Waals surface area contributed by atoms with Crippen LogP contribution in [0.25, 0.3) is 27.6 Å². The van der Waals surface area contributed by atoms with Gasteiger partial charge in [-0.05, 0) is 30.3 Å². The number of carbonyl (C=O) groups excluding carboxylic acids is 1. The average molecular weight is 437 g/mol. The number of nitrogens with zero attached hydrogens (tertiary/aromatic N) is 6. The van der Waals surface area contributed by atoms with E-state index >= 15 is 0 Å². The molecule has 4 aromatic heterocycles. The summed E-state index contributed by atoms with van der Waals surface area (Å²) in [4.78, 5) is 21.2. The van der Waals surface area contributed by atoms with Gasteiger partial charge in [0.1, 0.15) is 0 Å². The lowest BCUT2D eigenvalue weighted by Gasteiger charge is -2.14. The van der Waals surface area contributed by atoms with Gasteiger partial charge in [-0.3, -0.25) is 14.5 Å². The van der Waals surface area contributed by atoms with Crippen molar-refractivity contribution in [2.45, 2.75) is 6.18 Å². The number of nitrogens with one attached hydrogen (secondary N) is 1. The van der Waals surface area contributed by atoms with E-state index in [1.165, 1.54) is 12.3 Å². The van der Waals surface area contributed by atoms with E-state index in [0.29, 0.717) is 21.9 Å². The minimum absolute atomic E-state index is 0.167. The monoisotopic (exact) mass is 437 g/mol. The summed E-state index contributed by atoms with van der Waals surface area (Å²) in [6.07, 6.45) is 0.524. The first-order chi connectivity index (χ1) is 15.3. The number of carbonyl (C=O) groups is 1. The van der Waals surface area contributed by atoms with E-state index in [-0.39, 0.29) is 11.4 Å². The van der Waals surface area contributed by atoms with Crippen LogP contribution in [-0.2, 0) is 13.2 Å². The van der Waals surface area contributed by atoms with Crippen molar-refractivity contribution in [2.75, 3.05) is 5.32 Å². The number of pyridine rings is 2. The van der Waals surface area contributed by atoms with E-state index in [1.807, 2.05) is 0 Å². The third-order valence-corrected chi connectivity index (χ3v) is 4.96. The molecular weight excluding hydrogens is 423 g/mol. The summed E-state index contributed by atoms with van der Waals surface area (Å²) in [7, 11) is 1.71. The first-order valence-corrected chi connectivity index (χ1v) is 9.41. The maximum absolute atomic E-state index is 14.1. The Kier molecular flexibility index (Phi) is 4.40. The van der Waals surface area contributed by atoms with Crippen molar-refractivity contribution in [1.82, 2.24) is 29.5 Å². The molecule has 4 heterocycles. The van der Waals surface area contributed by atoms with Crippen LogP contribution >= 0.6 is 0 Å². The maximum Gasteiger partial charge on any atom is 0.434 e. The molecule has 0 aliphatic carbocycles. The number of benzene rings is 1. The first-order valence-electron chi connectivity index (χ1n) is 9.41. The second-order valence-electron chi connectivity index (χ2n) is 7.02. The second-order valence-corrected chi connectivity index (χ2v) is 7.02. The van der Waals surface area contributed by atoms with E-state index in [4.69, 9.17) is 0 Å². The molecule has 5 rings (SSSR count). The Labute approximate surface area is 178 Å². The van der Waals surface area contributed by atoms with Gasteiger partial charge in [-0.2, -0.15) is 23.4 Å². The van der Waals surface area contributed by atoms with Crippen molar-refractivity contribution in [2.24, 2.45) is 7.05 Å². The molecule has 0 bridgehead atoms. The molecule has 0 saturated carbocycles. The summed E-state index contributed by atoms with van der Waals surface area (Å²) < 4.78 is 44.4. The van der Waals surface area contributed by atoms with Gasteiger partial charge in [-0.15, -0.1) is 0 Å². The fourth-order valence-electron chi connectivity index (χ4n) is 3.55. The van der Waals surface area contributed by atoms with E-state index in [1.54, 1.807) is 54.5 Å². The van der Waals surface area contributed by atoms with Crippen LogP contribution in [0.5, 0.6) is 0 Å². The normalized spacial score (nSPS) is 11.9. The van der Waals surface area contributed by atoms with E-state index < -0.39 is 23.3 Å². The largest absolute Gasteiger partial charge is 0.434 e. The molecule has 32 heavy (non-hydrogen) atoms. The molecule has 0 unspecified atom stereocenters. The van der Waals surface area contributed by atoms with Crippen LogP contribution < -0.4 is 5.32 Å². The Morgan fingerprint density at radius 3 is 2.69 bits per heavy atom. The molecule has 0 atom stereocenters. The third-order valence-electron chi connectivity index (χ3n) is 4.96. The van der Waals surface area contributed by atoms with Crippen LogP contribution in [0.2, 0.25) is 0 Å². The number of rotatable bonds is 3. The fourth-order valence-corrected chi connectivity index (χ4v) is 3.55. The number of amides is 1. The number of alkyl halides is 3. The van der Waals surface area contributed by atoms with E-state index in [2.05, 4.69) is 25.5 Å². The quantitative estimate of drug-likeness (QED) is 0.461. The molecule has 0 aliphatic rings. The molecule has 1 amide bonds. The lowest BCUT2D eigenvalue weighted by molar-refractivity contribution is -0.143. The van der Waals surface area contributed by atoms with Gasteiger partial charge in [-0.1, -0.05) is 6.07 Å². The number of aryl methyl sites for hydroxylation is 1. The van der Waals surface area contributed by atoms with Gasteiger partial charge in [0.15, 0.2) is 11.3 Å². The molecule has 0 fully saturated rings. The van der Waals surface area contributed by atoms with Crippen molar-refractivity contribution in [3.8, 4) is 5.69 Å². The number of fused-ring (bicyclic) bond motifs is 2. The average Bonchev–Trinajstić information content (AvgIpc) is 3.37. The van der Waals surface area contributed by atoms with Gasteiger partial charge in [0.2, 0.25) is 0 Å². The van der Waals surface area contributed by atoms with Crippen LogP contribution in [0.3, 0.4) is 0 Å². The van der Waals surface area contributed by atoms with Gasteiger partial charge in [0, 0.05) is 24.0 Å². The molecule has 160 valence electrons. The Balaban J connectivity index is 1.58.